The van der Waals surface area contributed by atoms with Crippen LogP contribution < -0.4 is 0 Å². The van der Waals surface area contributed by atoms with E-state index in [0.717, 1.165) is 25.7 Å². The molecule has 0 saturated carbocycles. The molecule has 0 spiro atoms. The summed E-state index contributed by atoms with van der Waals surface area (Å²) < 4.78 is 0. The first-order chi connectivity index (χ1) is 23.6. The Morgan fingerprint density at radius 1 is 0.292 bits per heavy atom. The van der Waals surface area contributed by atoms with Gasteiger partial charge in [-0.25, -0.2) is 4.79 Å². The topological polar surface area (TPSA) is 74.6 Å². The van der Waals surface area contributed by atoms with E-state index in [1.165, 1.54) is 231 Å². The Morgan fingerprint density at radius 2 is 0.479 bits per heavy atom. The number of carbonyl (C=O) groups is 2. The first kappa shape index (κ1) is 46.7. The summed E-state index contributed by atoms with van der Waals surface area (Å²) in [6, 6.07) is 0. The Morgan fingerprint density at radius 3 is 0.667 bits per heavy atom. The van der Waals surface area contributed by atoms with Crippen molar-refractivity contribution in [2.24, 2.45) is 0 Å². The smallest absolute Gasteiger partial charge is 0.327 e. The second-order valence-electron chi connectivity index (χ2n) is 15.1. The van der Waals surface area contributed by atoms with E-state index >= 15 is 0 Å². The van der Waals surface area contributed by atoms with Gasteiger partial charge in [0.05, 0.1) is 0 Å². The van der Waals surface area contributed by atoms with Gasteiger partial charge in [-0.05, 0) is 19.3 Å². The Kier molecular flexibility index (Phi) is 40.7. The molecule has 0 amide bonds. The minimum Gasteiger partial charge on any atom is -0.481 e. The monoisotopic (exact) mass is 677 g/mol. The molecule has 0 atom stereocenters. The van der Waals surface area contributed by atoms with Crippen LogP contribution >= 0.6 is 0 Å². The summed E-state index contributed by atoms with van der Waals surface area (Å²) in [6.45, 7) is 0. The predicted octanol–water partition coefficient (Wildman–Crippen LogP) is 15.3. The Balaban J connectivity index is 3.06. The maximum absolute atomic E-state index is 10.5. The molecule has 0 aromatic rings. The maximum atomic E-state index is 10.5. The third-order valence-electron chi connectivity index (χ3n) is 10.3. The fourth-order valence-electron chi connectivity index (χ4n) is 7.09. The van der Waals surface area contributed by atoms with Crippen LogP contribution in [0.3, 0.4) is 0 Å². The van der Waals surface area contributed by atoms with Crippen LogP contribution in [-0.4, -0.2) is 22.2 Å². The number of carboxylic acid groups (broad SMARTS) is 2. The lowest BCUT2D eigenvalue weighted by Crippen LogP contribution is -1.93. The Hall–Kier alpha value is -1.32. The van der Waals surface area contributed by atoms with Crippen LogP contribution in [0, 0.1) is 0 Å². The van der Waals surface area contributed by atoms with E-state index in [1.54, 1.807) is 6.08 Å². The zero-order valence-corrected chi connectivity index (χ0v) is 32.1. The number of carboxylic acids is 2. The largest absolute Gasteiger partial charge is 0.481 e. The van der Waals surface area contributed by atoms with Gasteiger partial charge in [0.2, 0.25) is 0 Å². The van der Waals surface area contributed by atoms with Crippen molar-refractivity contribution in [1.29, 1.82) is 0 Å². The fourth-order valence-corrected chi connectivity index (χ4v) is 7.09. The summed E-state index contributed by atoms with van der Waals surface area (Å²) in [5.41, 5.74) is 0. The normalized spacial score (nSPS) is 11.6. The summed E-state index contributed by atoms with van der Waals surface area (Å²) in [4.78, 5) is 20.9. The molecule has 0 aliphatic rings. The molecule has 0 radical (unpaired) electrons. The summed E-state index contributed by atoms with van der Waals surface area (Å²) in [7, 11) is 0. The van der Waals surface area contributed by atoms with Gasteiger partial charge in [-0.1, -0.05) is 237 Å². The van der Waals surface area contributed by atoms with E-state index in [4.69, 9.17) is 10.2 Å². The molecule has 48 heavy (non-hydrogen) atoms. The number of rotatable bonds is 42. The summed E-state index contributed by atoms with van der Waals surface area (Å²) in [5.74, 6) is -1.48. The van der Waals surface area contributed by atoms with Crippen molar-refractivity contribution in [2.45, 2.75) is 257 Å². The van der Waals surface area contributed by atoms with E-state index in [-0.39, 0.29) is 0 Å². The summed E-state index contributed by atoms with van der Waals surface area (Å²) >= 11 is 0. The van der Waals surface area contributed by atoms with Crippen LogP contribution in [-0.2, 0) is 9.59 Å². The molecule has 0 aliphatic heterocycles. The van der Waals surface area contributed by atoms with E-state index in [1.807, 2.05) is 0 Å². The van der Waals surface area contributed by atoms with Gasteiger partial charge >= 0.3 is 11.9 Å². The average molecular weight is 677 g/mol. The van der Waals surface area contributed by atoms with Crippen molar-refractivity contribution in [2.75, 3.05) is 0 Å². The molecule has 0 unspecified atom stereocenters. The molecule has 0 aliphatic carbocycles. The highest BCUT2D eigenvalue weighted by Gasteiger charge is 1.99. The highest BCUT2D eigenvalue weighted by atomic mass is 16.4. The molecule has 0 fully saturated rings. The van der Waals surface area contributed by atoms with Crippen molar-refractivity contribution < 1.29 is 19.8 Å². The standard InChI is InChI=1S/C44H84O4/c45-43(46)41-39-37-35-33-31-29-27-25-23-21-19-17-15-13-11-9-7-5-3-1-2-4-6-8-10-12-14-16-18-20-22-24-26-28-30-32-34-36-38-40-42-44(47)48/h39,41H,1-38,40,42H2,(H,45,46)(H,47,48). The second kappa shape index (κ2) is 41.8. The minimum atomic E-state index is -0.832. The third-order valence-corrected chi connectivity index (χ3v) is 10.3. The van der Waals surface area contributed by atoms with Gasteiger partial charge in [0.15, 0.2) is 0 Å². The molecule has 2 N–H and O–H groups in total. The Bertz CT molecular complexity index is 673. The summed E-state index contributed by atoms with van der Waals surface area (Å²) in [5, 5.41) is 17.2. The van der Waals surface area contributed by atoms with E-state index in [9.17, 15) is 9.59 Å². The fraction of sp³-hybridized carbons (Fsp3) is 0.909. The third kappa shape index (κ3) is 44.7. The lowest BCUT2D eigenvalue weighted by Gasteiger charge is -2.05. The molecular formula is C44H84O4. The van der Waals surface area contributed by atoms with Gasteiger partial charge in [-0.2, -0.15) is 0 Å². The average Bonchev–Trinajstić information content (AvgIpc) is 3.06. The van der Waals surface area contributed by atoms with Crippen molar-refractivity contribution >= 4 is 11.9 Å². The number of hydrogen-bond acceptors (Lipinski definition) is 2. The lowest BCUT2D eigenvalue weighted by atomic mass is 10.0. The lowest BCUT2D eigenvalue weighted by molar-refractivity contribution is -0.137. The van der Waals surface area contributed by atoms with E-state index in [2.05, 4.69) is 0 Å². The zero-order chi connectivity index (χ0) is 34.9. The molecule has 0 rings (SSSR count). The van der Waals surface area contributed by atoms with Crippen LogP contribution in [0.25, 0.3) is 0 Å². The maximum Gasteiger partial charge on any atom is 0.327 e. The number of hydrogen-bond donors (Lipinski definition) is 2. The van der Waals surface area contributed by atoms with Crippen LogP contribution in [0.2, 0.25) is 0 Å². The van der Waals surface area contributed by atoms with E-state index < -0.39 is 11.9 Å². The van der Waals surface area contributed by atoms with Gasteiger partial charge in [0.1, 0.15) is 0 Å². The van der Waals surface area contributed by atoms with Crippen LogP contribution in [0.5, 0.6) is 0 Å². The molecule has 0 aromatic carbocycles. The molecule has 0 heterocycles. The summed E-state index contributed by atoms with van der Waals surface area (Å²) in [6.07, 6.45) is 56.7. The van der Waals surface area contributed by atoms with Gasteiger partial charge in [0.25, 0.3) is 0 Å². The van der Waals surface area contributed by atoms with Crippen LogP contribution in [0.15, 0.2) is 12.2 Å². The molecule has 0 aromatic heterocycles. The van der Waals surface area contributed by atoms with Gasteiger partial charge in [-0.15, -0.1) is 0 Å². The minimum absolute atomic E-state index is 0.341. The van der Waals surface area contributed by atoms with Crippen LogP contribution in [0.4, 0.5) is 0 Å². The first-order valence-electron chi connectivity index (χ1n) is 21.7. The van der Waals surface area contributed by atoms with Gasteiger partial charge in [-0.3, -0.25) is 4.79 Å². The molecule has 0 bridgehead atoms. The van der Waals surface area contributed by atoms with Crippen molar-refractivity contribution in [3.63, 3.8) is 0 Å². The zero-order valence-electron chi connectivity index (χ0n) is 32.1. The van der Waals surface area contributed by atoms with E-state index in [0.29, 0.717) is 6.42 Å². The highest BCUT2D eigenvalue weighted by Crippen LogP contribution is 2.17. The number of aliphatic carboxylic acids is 2. The van der Waals surface area contributed by atoms with Gasteiger partial charge < -0.3 is 10.2 Å². The first-order valence-corrected chi connectivity index (χ1v) is 21.7. The number of allylic oxidation sites excluding steroid dienone is 1. The van der Waals surface area contributed by atoms with Crippen molar-refractivity contribution in [1.82, 2.24) is 0 Å². The van der Waals surface area contributed by atoms with Crippen LogP contribution in [0.1, 0.15) is 257 Å². The molecule has 4 heteroatoms. The predicted molar refractivity (Wildman–Crippen MR) is 209 cm³/mol. The molecule has 0 saturated heterocycles. The van der Waals surface area contributed by atoms with Crippen molar-refractivity contribution in [3.8, 4) is 0 Å². The second-order valence-corrected chi connectivity index (χ2v) is 15.1. The quantitative estimate of drug-likeness (QED) is 0.0498. The number of unbranched alkanes of at least 4 members (excludes halogenated alkanes) is 38. The van der Waals surface area contributed by atoms with Gasteiger partial charge in [0, 0.05) is 12.5 Å². The molecule has 4 nitrogen and oxygen atoms in total. The highest BCUT2D eigenvalue weighted by molar-refractivity contribution is 5.79. The molecule has 284 valence electrons. The Labute approximate surface area is 300 Å². The van der Waals surface area contributed by atoms with Crippen molar-refractivity contribution in [3.05, 3.63) is 12.2 Å². The molecular weight excluding hydrogens is 592 g/mol. The SMILES string of the molecule is O=C(O)C=CCCCCCCCCCCCCCCCCCCCCCCCCCCCCCCCCCCCCCCCCC(=O)O.